The minimum atomic E-state index is -4.21. The van der Waals surface area contributed by atoms with Crippen molar-refractivity contribution in [3.8, 4) is 5.75 Å². The molecule has 2 aromatic rings. The van der Waals surface area contributed by atoms with Crippen molar-refractivity contribution in [3.05, 3.63) is 53.3 Å². The second-order valence-electron chi connectivity index (χ2n) is 5.66. The zero-order valence-corrected chi connectivity index (χ0v) is 16.5. The predicted molar refractivity (Wildman–Crippen MR) is 102 cm³/mol. The van der Waals surface area contributed by atoms with Crippen LogP contribution in [-0.2, 0) is 14.8 Å². The Bertz CT molecular complexity index is 921. The van der Waals surface area contributed by atoms with E-state index in [0.29, 0.717) is 17.9 Å². The number of methoxy groups -OCH3 is 1. The number of carbonyl (C=O) groups excluding carboxylic acids is 1. The number of benzene rings is 2. The van der Waals surface area contributed by atoms with E-state index in [4.69, 9.17) is 16.3 Å². The molecule has 0 aromatic heterocycles. The van der Waals surface area contributed by atoms with E-state index in [2.05, 4.69) is 5.32 Å². The molecule has 0 unspecified atom stereocenters. The molecule has 0 saturated heterocycles. The quantitative estimate of drug-likeness (QED) is 0.717. The molecule has 6 nitrogen and oxygen atoms in total. The van der Waals surface area contributed by atoms with Gasteiger partial charge in [0.15, 0.2) is 0 Å². The molecule has 2 rings (SSSR count). The zero-order chi connectivity index (χ0) is 20.0. The molecule has 0 aliphatic heterocycles. The first-order valence-electron chi connectivity index (χ1n) is 8.17. The average molecular weight is 415 g/mol. The third-order valence-electron chi connectivity index (χ3n) is 3.69. The van der Waals surface area contributed by atoms with Crippen LogP contribution in [0.15, 0.2) is 47.4 Å². The minimum Gasteiger partial charge on any atom is -0.495 e. The summed E-state index contributed by atoms with van der Waals surface area (Å²) < 4.78 is 45.8. The second-order valence-corrected chi connectivity index (χ2v) is 8.00. The van der Waals surface area contributed by atoms with Crippen LogP contribution < -0.4 is 10.1 Å². The van der Waals surface area contributed by atoms with Gasteiger partial charge < -0.3 is 10.1 Å². The second kappa shape index (κ2) is 9.16. The number of ether oxygens (including phenoxy) is 1. The molecule has 0 aliphatic rings. The van der Waals surface area contributed by atoms with Crippen LogP contribution in [0.5, 0.6) is 5.75 Å². The Labute approximate surface area is 162 Å². The fourth-order valence-electron chi connectivity index (χ4n) is 2.45. The van der Waals surface area contributed by atoms with E-state index in [-0.39, 0.29) is 11.6 Å². The number of nitrogens with one attached hydrogen (secondary N) is 1. The summed E-state index contributed by atoms with van der Waals surface area (Å²) in [4.78, 5) is 11.9. The van der Waals surface area contributed by atoms with Crippen molar-refractivity contribution in [2.45, 2.75) is 18.2 Å². The first-order chi connectivity index (χ1) is 12.8. The van der Waals surface area contributed by atoms with Crippen LogP contribution in [0.3, 0.4) is 0 Å². The van der Waals surface area contributed by atoms with Gasteiger partial charge in [0, 0.05) is 11.6 Å². The summed E-state index contributed by atoms with van der Waals surface area (Å²) >= 11 is 5.69. The first-order valence-corrected chi connectivity index (χ1v) is 9.99. The Hall–Kier alpha value is -2.16. The molecule has 0 atom stereocenters. The lowest BCUT2D eigenvalue weighted by Gasteiger charge is -2.21. The highest BCUT2D eigenvalue weighted by molar-refractivity contribution is 7.89. The van der Waals surface area contributed by atoms with Crippen LogP contribution in [0.4, 0.5) is 10.1 Å². The highest BCUT2D eigenvalue weighted by Gasteiger charge is 2.29. The van der Waals surface area contributed by atoms with Gasteiger partial charge in [0.2, 0.25) is 15.9 Å². The lowest BCUT2D eigenvalue weighted by molar-refractivity contribution is -0.116. The molecule has 0 bridgehead atoms. The van der Waals surface area contributed by atoms with E-state index < -0.39 is 33.2 Å². The Morgan fingerprint density at radius 2 is 1.96 bits per heavy atom. The topological polar surface area (TPSA) is 75.7 Å². The number of rotatable bonds is 8. The Kier molecular flexibility index (Phi) is 7.18. The maximum absolute atomic E-state index is 14.1. The molecule has 0 saturated carbocycles. The van der Waals surface area contributed by atoms with Crippen LogP contribution >= 0.6 is 11.6 Å². The number of carbonyl (C=O) groups is 1. The average Bonchev–Trinajstić information content (AvgIpc) is 2.61. The number of sulfonamides is 1. The van der Waals surface area contributed by atoms with Gasteiger partial charge in [-0.25, -0.2) is 12.8 Å². The molecular weight excluding hydrogens is 395 g/mol. The van der Waals surface area contributed by atoms with Gasteiger partial charge in [0.05, 0.1) is 19.3 Å². The Balaban J connectivity index is 2.24. The number of nitrogens with zero attached hydrogens (tertiary/aromatic N) is 1. The van der Waals surface area contributed by atoms with E-state index in [0.717, 1.165) is 16.4 Å². The number of halogens is 2. The summed E-state index contributed by atoms with van der Waals surface area (Å²) in [5, 5.41) is 2.70. The molecule has 0 heterocycles. The van der Waals surface area contributed by atoms with Crippen molar-refractivity contribution in [1.82, 2.24) is 4.31 Å². The number of hydrogen-bond acceptors (Lipinski definition) is 4. The fourth-order valence-corrected chi connectivity index (χ4v) is 4.15. The lowest BCUT2D eigenvalue weighted by Crippen LogP contribution is -2.38. The monoisotopic (exact) mass is 414 g/mol. The van der Waals surface area contributed by atoms with Gasteiger partial charge in [-0.2, -0.15) is 4.31 Å². The number of amides is 1. The summed E-state index contributed by atoms with van der Waals surface area (Å²) in [6, 6.07) is 10.1. The number of hydrogen-bond donors (Lipinski definition) is 1. The summed E-state index contributed by atoms with van der Waals surface area (Å²) in [5.74, 6) is -1.08. The van der Waals surface area contributed by atoms with Crippen molar-refractivity contribution in [2.75, 3.05) is 25.5 Å². The van der Waals surface area contributed by atoms with Crippen molar-refractivity contribution in [2.24, 2.45) is 0 Å². The summed E-state index contributed by atoms with van der Waals surface area (Å²) in [6.45, 7) is 1.36. The van der Waals surface area contributed by atoms with Gasteiger partial charge in [-0.15, -0.1) is 0 Å². The van der Waals surface area contributed by atoms with Crippen molar-refractivity contribution < 1.29 is 22.3 Å². The Morgan fingerprint density at radius 1 is 1.26 bits per heavy atom. The van der Waals surface area contributed by atoms with Crippen molar-refractivity contribution in [1.29, 1.82) is 0 Å². The molecule has 27 heavy (non-hydrogen) atoms. The normalized spacial score (nSPS) is 11.4. The third kappa shape index (κ3) is 5.18. The third-order valence-corrected chi connectivity index (χ3v) is 5.80. The molecular formula is C18H20ClFN2O4S. The smallest absolute Gasteiger partial charge is 0.246 e. The lowest BCUT2D eigenvalue weighted by atomic mass is 10.3. The predicted octanol–water partition coefficient (Wildman–Crippen LogP) is 3.53. The standard InChI is InChI=1S/C18H20ClFN2O4S/c1-3-10-22(27(24,25)17-9-8-13(19)11-14(17)20)12-18(23)21-15-6-4-5-7-16(15)26-2/h4-9,11H,3,10,12H2,1-2H3,(H,21,23). The molecule has 0 spiro atoms. The van der Waals surface area contributed by atoms with E-state index in [1.807, 2.05) is 0 Å². The molecule has 9 heteroatoms. The summed E-state index contributed by atoms with van der Waals surface area (Å²) in [6.07, 6.45) is 0.455. The van der Waals surface area contributed by atoms with Crippen LogP contribution in [0.25, 0.3) is 0 Å². The molecule has 0 aliphatic carbocycles. The zero-order valence-electron chi connectivity index (χ0n) is 14.9. The van der Waals surface area contributed by atoms with Gasteiger partial charge in [0.25, 0.3) is 0 Å². The minimum absolute atomic E-state index is 0.0593. The van der Waals surface area contributed by atoms with Gasteiger partial charge in [-0.3, -0.25) is 4.79 Å². The van der Waals surface area contributed by atoms with Gasteiger partial charge >= 0.3 is 0 Å². The van der Waals surface area contributed by atoms with Gasteiger partial charge in [-0.05, 0) is 36.8 Å². The van der Waals surface area contributed by atoms with E-state index in [1.54, 1.807) is 31.2 Å². The largest absolute Gasteiger partial charge is 0.495 e. The molecule has 1 amide bonds. The van der Waals surface area contributed by atoms with Crippen LogP contribution in [0.1, 0.15) is 13.3 Å². The maximum Gasteiger partial charge on any atom is 0.246 e. The Morgan fingerprint density at radius 3 is 2.59 bits per heavy atom. The van der Waals surface area contributed by atoms with E-state index >= 15 is 0 Å². The van der Waals surface area contributed by atoms with Crippen LogP contribution in [-0.4, -0.2) is 38.8 Å². The summed E-state index contributed by atoms with van der Waals surface area (Å²) in [5.41, 5.74) is 0.413. The van der Waals surface area contributed by atoms with Crippen LogP contribution in [0, 0.1) is 5.82 Å². The molecule has 0 radical (unpaired) electrons. The number of anilines is 1. The highest BCUT2D eigenvalue weighted by Crippen LogP contribution is 2.25. The highest BCUT2D eigenvalue weighted by atomic mass is 35.5. The van der Waals surface area contributed by atoms with Gasteiger partial charge in [0.1, 0.15) is 16.5 Å². The number of para-hydroxylation sites is 2. The molecule has 1 N–H and O–H groups in total. The van der Waals surface area contributed by atoms with Gasteiger partial charge in [-0.1, -0.05) is 30.7 Å². The first kappa shape index (κ1) is 21.1. The van der Waals surface area contributed by atoms with E-state index in [1.165, 1.54) is 13.2 Å². The molecule has 2 aromatic carbocycles. The van der Waals surface area contributed by atoms with E-state index in [9.17, 15) is 17.6 Å². The van der Waals surface area contributed by atoms with Crippen molar-refractivity contribution >= 4 is 33.2 Å². The summed E-state index contributed by atoms with van der Waals surface area (Å²) in [7, 11) is -2.75. The maximum atomic E-state index is 14.1. The SMILES string of the molecule is CCCN(CC(=O)Nc1ccccc1OC)S(=O)(=O)c1ccc(Cl)cc1F. The molecule has 0 fully saturated rings. The van der Waals surface area contributed by atoms with Crippen LogP contribution in [0.2, 0.25) is 5.02 Å². The van der Waals surface area contributed by atoms with Crippen molar-refractivity contribution in [3.63, 3.8) is 0 Å². The molecule has 146 valence electrons. The fraction of sp³-hybridized carbons (Fsp3) is 0.278.